The third-order valence-corrected chi connectivity index (χ3v) is 3.57. The first-order chi connectivity index (χ1) is 12.9. The molecule has 9 nitrogen and oxygen atoms in total. The number of esters is 1. The van der Waals surface area contributed by atoms with Gasteiger partial charge in [-0.3, -0.25) is 5.43 Å². The lowest BCUT2D eigenvalue weighted by molar-refractivity contribution is -0.134. The van der Waals surface area contributed by atoms with Crippen LogP contribution in [-0.4, -0.2) is 23.3 Å². The van der Waals surface area contributed by atoms with Gasteiger partial charge in [-0.1, -0.05) is 11.6 Å². The molecule has 1 heterocycles. The van der Waals surface area contributed by atoms with Crippen LogP contribution in [0.25, 0.3) is 0 Å². The van der Waals surface area contributed by atoms with Crippen LogP contribution in [0.3, 0.4) is 0 Å². The second kappa shape index (κ2) is 8.52. The van der Waals surface area contributed by atoms with E-state index in [4.69, 9.17) is 33.1 Å². The molecule has 0 bridgehead atoms. The number of hydrogen-bond donors (Lipinski definition) is 3. The van der Waals surface area contributed by atoms with Gasteiger partial charge in [-0.05, 0) is 31.2 Å². The van der Waals surface area contributed by atoms with E-state index < -0.39 is 5.97 Å². The summed E-state index contributed by atoms with van der Waals surface area (Å²) in [6.07, 6.45) is 0. The average molecular weight is 384 g/mol. The number of nitrogens with two attached hydrogens (primary N) is 2. The molecular formula is C17H14ClN7O2. The molecule has 0 saturated heterocycles. The van der Waals surface area contributed by atoms with Gasteiger partial charge in [0.05, 0.1) is 18.0 Å². The van der Waals surface area contributed by atoms with Crippen LogP contribution < -0.4 is 16.9 Å². The molecule has 0 spiro atoms. The van der Waals surface area contributed by atoms with E-state index in [1.807, 2.05) is 6.07 Å². The molecule has 1 aromatic carbocycles. The van der Waals surface area contributed by atoms with E-state index in [1.54, 1.807) is 37.3 Å². The molecule has 0 amide bonds. The number of nitrogens with zero attached hydrogens (tertiary/aromatic N) is 4. The Bertz CT molecular complexity index is 988. The summed E-state index contributed by atoms with van der Waals surface area (Å²) in [4.78, 5) is 16.3. The molecule has 0 aliphatic rings. The maximum atomic E-state index is 12.4. The Morgan fingerprint density at radius 1 is 1.26 bits per heavy atom. The van der Waals surface area contributed by atoms with Crippen molar-refractivity contribution in [2.75, 3.05) is 23.5 Å². The number of anilines is 3. The Kier molecular flexibility index (Phi) is 6.15. The first-order valence-electron chi connectivity index (χ1n) is 7.58. The highest BCUT2D eigenvalue weighted by molar-refractivity contribution is 6.43. The summed E-state index contributed by atoms with van der Waals surface area (Å²) >= 11 is 5.83. The first kappa shape index (κ1) is 19.5. The molecule has 1 aromatic heterocycles. The Hall–Kier alpha value is -3.82. The Labute approximate surface area is 159 Å². The third kappa shape index (κ3) is 4.24. The van der Waals surface area contributed by atoms with Crippen LogP contribution in [0.1, 0.15) is 23.7 Å². The molecule has 0 fully saturated rings. The maximum absolute atomic E-state index is 12.4. The molecule has 0 unspecified atom stereocenters. The average Bonchev–Trinajstić information content (AvgIpc) is 2.64. The van der Waals surface area contributed by atoms with Crippen LogP contribution in [0.2, 0.25) is 5.02 Å². The van der Waals surface area contributed by atoms with Crippen molar-refractivity contribution in [1.29, 1.82) is 10.5 Å². The number of halogens is 1. The highest BCUT2D eigenvalue weighted by Gasteiger charge is 2.25. The van der Waals surface area contributed by atoms with E-state index in [2.05, 4.69) is 15.5 Å². The van der Waals surface area contributed by atoms with Gasteiger partial charge in [-0.15, -0.1) is 0 Å². The van der Waals surface area contributed by atoms with Crippen molar-refractivity contribution in [2.24, 2.45) is 5.10 Å². The van der Waals surface area contributed by atoms with Crippen molar-refractivity contribution in [1.82, 2.24) is 4.98 Å². The van der Waals surface area contributed by atoms with E-state index in [0.29, 0.717) is 10.7 Å². The topological polar surface area (TPSA) is 163 Å². The Morgan fingerprint density at radius 3 is 2.44 bits per heavy atom. The second-order valence-electron chi connectivity index (χ2n) is 5.03. The normalized spacial score (nSPS) is 10.6. The van der Waals surface area contributed by atoms with Crippen molar-refractivity contribution < 1.29 is 9.53 Å². The predicted molar refractivity (Wildman–Crippen MR) is 101 cm³/mol. The molecule has 136 valence electrons. The molecule has 27 heavy (non-hydrogen) atoms. The number of ether oxygens (including phenoxy) is 1. The van der Waals surface area contributed by atoms with Gasteiger partial charge in [0.1, 0.15) is 34.8 Å². The number of nitrogen functional groups attached to an aromatic ring is 2. The molecule has 5 N–H and O–H groups in total. The minimum absolute atomic E-state index is 0.0714. The first-order valence-corrected chi connectivity index (χ1v) is 7.96. The second-order valence-corrected chi connectivity index (χ2v) is 5.47. The fraction of sp³-hybridized carbons (Fsp3) is 0.118. The van der Waals surface area contributed by atoms with Crippen LogP contribution in [0.4, 0.5) is 17.2 Å². The van der Waals surface area contributed by atoms with Crippen molar-refractivity contribution >= 4 is 40.5 Å². The largest absolute Gasteiger partial charge is 0.461 e. The highest BCUT2D eigenvalue weighted by Crippen LogP contribution is 2.25. The number of benzene rings is 1. The Morgan fingerprint density at radius 2 is 1.89 bits per heavy atom. The molecule has 0 radical (unpaired) electrons. The van der Waals surface area contributed by atoms with E-state index in [1.165, 1.54) is 0 Å². The van der Waals surface area contributed by atoms with Gasteiger partial charge in [-0.25, -0.2) is 9.78 Å². The maximum Gasteiger partial charge on any atom is 0.361 e. The summed E-state index contributed by atoms with van der Waals surface area (Å²) in [5, 5.41) is 23.1. The highest BCUT2D eigenvalue weighted by atomic mass is 35.5. The summed E-state index contributed by atoms with van der Waals surface area (Å²) in [7, 11) is 0. The lowest BCUT2D eigenvalue weighted by Crippen LogP contribution is -2.24. The zero-order valence-electron chi connectivity index (χ0n) is 14.2. The molecule has 0 aliphatic heterocycles. The van der Waals surface area contributed by atoms with E-state index in [-0.39, 0.29) is 40.6 Å². The molecule has 0 atom stereocenters. The minimum atomic E-state index is -0.841. The van der Waals surface area contributed by atoms with Crippen molar-refractivity contribution in [2.45, 2.75) is 6.92 Å². The standard InChI is InChI=1S/C17H14ClN7O2/c1-2-27-17(26)15(25-24-10-5-3-9(18)4-6-10)14-11(7-19)13(21)12(8-20)16(22)23-14/h3-6,24H,2H2,1H3,(H4,21,22,23)/b25-15-. The lowest BCUT2D eigenvalue weighted by atomic mass is 10.0. The summed E-state index contributed by atoms with van der Waals surface area (Å²) < 4.78 is 4.97. The van der Waals surface area contributed by atoms with Crippen LogP contribution in [0.15, 0.2) is 29.4 Å². The molecule has 2 aromatic rings. The number of aromatic nitrogens is 1. The summed E-state index contributed by atoms with van der Waals surface area (Å²) in [6, 6.07) is 10.1. The number of pyridine rings is 1. The van der Waals surface area contributed by atoms with Gasteiger partial charge in [0.15, 0.2) is 5.71 Å². The monoisotopic (exact) mass is 383 g/mol. The van der Waals surface area contributed by atoms with Crippen molar-refractivity contribution in [3.8, 4) is 12.1 Å². The molecular weight excluding hydrogens is 370 g/mol. The number of hydrogen-bond acceptors (Lipinski definition) is 9. The smallest absolute Gasteiger partial charge is 0.361 e. The SMILES string of the molecule is CCOC(=O)/C(=N\Nc1ccc(Cl)cc1)c1nc(N)c(C#N)c(N)c1C#N. The number of carbonyl (C=O) groups is 1. The van der Waals surface area contributed by atoms with E-state index >= 15 is 0 Å². The number of hydrazone groups is 1. The van der Waals surface area contributed by atoms with Gasteiger partial charge in [0, 0.05) is 5.02 Å². The van der Waals surface area contributed by atoms with E-state index in [9.17, 15) is 10.1 Å². The van der Waals surface area contributed by atoms with Gasteiger partial charge < -0.3 is 16.2 Å². The number of carbonyl (C=O) groups excluding carboxylic acids is 1. The molecule has 10 heteroatoms. The zero-order valence-corrected chi connectivity index (χ0v) is 14.9. The fourth-order valence-electron chi connectivity index (χ4n) is 2.06. The van der Waals surface area contributed by atoms with Gasteiger partial charge >= 0.3 is 5.97 Å². The zero-order chi connectivity index (χ0) is 20.0. The van der Waals surface area contributed by atoms with Crippen LogP contribution in [-0.2, 0) is 9.53 Å². The van der Waals surface area contributed by atoms with Crippen LogP contribution >= 0.6 is 11.6 Å². The number of nitriles is 2. The number of rotatable bonds is 5. The Balaban J connectivity index is 2.60. The van der Waals surface area contributed by atoms with Gasteiger partial charge in [0.25, 0.3) is 0 Å². The minimum Gasteiger partial charge on any atom is -0.461 e. The van der Waals surface area contributed by atoms with E-state index in [0.717, 1.165) is 0 Å². The molecule has 0 aliphatic carbocycles. The number of nitrogens with one attached hydrogen (secondary N) is 1. The third-order valence-electron chi connectivity index (χ3n) is 3.32. The van der Waals surface area contributed by atoms with Crippen LogP contribution in [0.5, 0.6) is 0 Å². The summed E-state index contributed by atoms with van der Waals surface area (Å²) in [5.74, 6) is -1.07. The summed E-state index contributed by atoms with van der Waals surface area (Å²) in [6.45, 7) is 1.68. The van der Waals surface area contributed by atoms with Gasteiger partial charge in [0.2, 0.25) is 0 Å². The van der Waals surface area contributed by atoms with Crippen molar-refractivity contribution in [3.05, 3.63) is 46.1 Å². The lowest BCUT2D eigenvalue weighted by Gasteiger charge is -2.11. The van der Waals surface area contributed by atoms with Crippen molar-refractivity contribution in [3.63, 3.8) is 0 Å². The fourth-order valence-corrected chi connectivity index (χ4v) is 2.19. The van der Waals surface area contributed by atoms with Gasteiger partial charge in [-0.2, -0.15) is 15.6 Å². The molecule has 0 saturated carbocycles. The summed E-state index contributed by atoms with van der Waals surface area (Å²) in [5.41, 5.74) is 13.7. The molecule has 2 rings (SSSR count). The predicted octanol–water partition coefficient (Wildman–Crippen LogP) is 2.02. The quantitative estimate of drug-likeness (QED) is 0.401. The van der Waals surface area contributed by atoms with Crippen LogP contribution in [0, 0.1) is 22.7 Å².